The van der Waals surface area contributed by atoms with E-state index in [-0.39, 0.29) is 0 Å². The first-order valence-electron chi connectivity index (χ1n) is 4.37. The number of rotatable bonds is 4. The molecule has 1 unspecified atom stereocenters. The molecule has 0 aliphatic carbocycles. The van der Waals surface area contributed by atoms with Gasteiger partial charge < -0.3 is 4.57 Å². The third-order valence-corrected chi connectivity index (χ3v) is 6.16. The van der Waals surface area contributed by atoms with Crippen LogP contribution in [0.3, 0.4) is 0 Å². The van der Waals surface area contributed by atoms with Gasteiger partial charge in [0.25, 0.3) is 0 Å². The summed E-state index contributed by atoms with van der Waals surface area (Å²) >= 11 is 0. The first kappa shape index (κ1) is 10.2. The molecule has 2 heteroatoms. The first-order chi connectivity index (χ1) is 4.63. The lowest BCUT2D eigenvalue weighted by molar-refractivity contribution is 0.473. The van der Waals surface area contributed by atoms with Crippen LogP contribution in [0.1, 0.15) is 27.7 Å². The molecule has 0 radical (unpaired) electrons. The Balaban J connectivity index is 3.76. The molecule has 0 saturated carbocycles. The summed E-state index contributed by atoms with van der Waals surface area (Å²) in [6.07, 6.45) is 0. The Hall–Kier alpha value is 0.177. The van der Waals surface area contributed by atoms with Crippen molar-refractivity contribution >= 4 is 8.96 Å². The van der Waals surface area contributed by atoms with Crippen molar-refractivity contribution in [2.24, 2.45) is 0 Å². The van der Waals surface area contributed by atoms with Gasteiger partial charge in [0.1, 0.15) is 8.96 Å². The van der Waals surface area contributed by atoms with Gasteiger partial charge in [0.2, 0.25) is 0 Å². The topological polar surface area (TPSA) is 3.24 Å². The van der Waals surface area contributed by atoms with E-state index in [0.717, 1.165) is 5.54 Å². The molecule has 1 atom stereocenters. The lowest BCUT2D eigenvalue weighted by atomic mass is 10.6. The fraction of sp³-hybridized carbons (Fsp3) is 1.00. The normalized spacial score (nSPS) is 14.7. The predicted molar refractivity (Wildman–Crippen MR) is 51.0 cm³/mol. The van der Waals surface area contributed by atoms with Crippen LogP contribution in [0.25, 0.3) is 0 Å². The Labute approximate surface area is 67.1 Å². The first-order valence-corrected chi connectivity index (χ1v) is 6.71. The largest absolute Gasteiger partial charge is 0.327 e. The number of hydrogen-bond acceptors (Lipinski definition) is 1. The Morgan fingerprint density at radius 1 is 1.20 bits per heavy atom. The van der Waals surface area contributed by atoms with Crippen LogP contribution in [0.4, 0.5) is 0 Å². The van der Waals surface area contributed by atoms with Crippen LogP contribution < -0.4 is 0 Å². The van der Waals surface area contributed by atoms with Crippen molar-refractivity contribution in [3.05, 3.63) is 0 Å². The molecule has 0 N–H and O–H groups in total. The van der Waals surface area contributed by atoms with Gasteiger partial charge in [0.15, 0.2) is 0 Å². The molecule has 0 rings (SSSR count). The zero-order valence-corrected chi connectivity index (χ0v) is 9.17. The lowest BCUT2D eigenvalue weighted by Gasteiger charge is -2.27. The molecule has 0 aromatic heterocycles. The monoisotopic (exact) mass is 159 g/mol. The van der Waals surface area contributed by atoms with Crippen molar-refractivity contribution in [3.63, 3.8) is 0 Å². The van der Waals surface area contributed by atoms with Crippen LogP contribution >= 0.6 is 0 Å². The maximum absolute atomic E-state index is 2.63. The van der Waals surface area contributed by atoms with Crippen molar-refractivity contribution in [1.82, 2.24) is 4.57 Å². The Kier molecular flexibility index (Phi) is 5.00. The van der Waals surface area contributed by atoms with Gasteiger partial charge >= 0.3 is 0 Å². The van der Waals surface area contributed by atoms with Gasteiger partial charge in [0, 0.05) is 0 Å². The van der Waals surface area contributed by atoms with Gasteiger partial charge in [-0.25, -0.2) is 0 Å². The van der Waals surface area contributed by atoms with E-state index in [4.69, 9.17) is 0 Å². The summed E-state index contributed by atoms with van der Waals surface area (Å²) in [6.45, 7) is 14.1. The second-order valence-corrected chi connectivity index (χ2v) is 6.75. The van der Waals surface area contributed by atoms with Gasteiger partial charge in [-0.2, -0.15) is 0 Å². The average Bonchev–Trinajstić information content (AvgIpc) is 1.90. The zero-order chi connectivity index (χ0) is 8.15. The highest BCUT2D eigenvalue weighted by Gasteiger charge is 2.14. The molecule has 0 fully saturated rings. The Morgan fingerprint density at radius 3 is 1.70 bits per heavy atom. The van der Waals surface area contributed by atoms with E-state index >= 15 is 0 Å². The maximum atomic E-state index is 2.63. The zero-order valence-electron chi connectivity index (χ0n) is 8.02. The van der Waals surface area contributed by atoms with Crippen LogP contribution in [-0.2, 0) is 0 Å². The van der Waals surface area contributed by atoms with E-state index < -0.39 is 8.96 Å². The van der Waals surface area contributed by atoms with Crippen LogP contribution in [0.5, 0.6) is 0 Å². The molecule has 62 valence electrons. The summed E-state index contributed by atoms with van der Waals surface area (Å²) in [7, 11) is -0.557. The van der Waals surface area contributed by atoms with Crippen molar-refractivity contribution in [2.75, 3.05) is 13.1 Å². The second kappa shape index (κ2) is 4.91. The van der Waals surface area contributed by atoms with Crippen LogP contribution in [0.15, 0.2) is 0 Å². The van der Waals surface area contributed by atoms with Crippen molar-refractivity contribution in [2.45, 2.75) is 39.8 Å². The summed E-state index contributed by atoms with van der Waals surface area (Å²) in [5.41, 5.74) is 0.917. The summed E-state index contributed by atoms with van der Waals surface area (Å²) in [5, 5.41) is 0. The highest BCUT2D eigenvalue weighted by molar-refractivity contribution is 6.55. The van der Waals surface area contributed by atoms with E-state index in [9.17, 15) is 0 Å². The molecule has 10 heavy (non-hydrogen) atoms. The van der Waals surface area contributed by atoms with Crippen molar-refractivity contribution in [3.8, 4) is 0 Å². The van der Waals surface area contributed by atoms with Gasteiger partial charge in [-0.15, -0.1) is 0 Å². The van der Waals surface area contributed by atoms with E-state index in [2.05, 4.69) is 38.8 Å². The van der Waals surface area contributed by atoms with Crippen molar-refractivity contribution in [1.29, 1.82) is 0 Å². The number of nitrogens with zero attached hydrogens (tertiary/aromatic N) is 1. The van der Waals surface area contributed by atoms with E-state index in [0.29, 0.717) is 0 Å². The highest BCUT2D eigenvalue weighted by atomic mass is 28.3. The molecule has 1 nitrogen and oxygen atoms in total. The van der Waals surface area contributed by atoms with E-state index in [1.807, 2.05) is 0 Å². The van der Waals surface area contributed by atoms with Gasteiger partial charge in [-0.1, -0.05) is 34.2 Å². The maximum Gasteiger partial charge on any atom is 0.111 e. The third kappa shape index (κ3) is 2.84. The Bertz CT molecular complexity index is 79.3. The quantitative estimate of drug-likeness (QED) is 0.568. The lowest BCUT2D eigenvalue weighted by Crippen LogP contribution is -2.38. The average molecular weight is 159 g/mol. The fourth-order valence-electron chi connectivity index (χ4n) is 1.22. The molecular weight excluding hydrogens is 138 g/mol. The third-order valence-electron chi connectivity index (χ3n) is 2.35. The molecule has 0 spiro atoms. The summed E-state index contributed by atoms with van der Waals surface area (Å²) < 4.78 is 2.63. The molecule has 0 aromatic rings. The fourth-order valence-corrected chi connectivity index (χ4v) is 3.22. The Morgan fingerprint density at radius 2 is 1.60 bits per heavy atom. The second-order valence-electron chi connectivity index (χ2n) is 3.21. The van der Waals surface area contributed by atoms with Crippen LogP contribution in [-0.4, -0.2) is 26.6 Å². The highest BCUT2D eigenvalue weighted by Crippen LogP contribution is 2.10. The van der Waals surface area contributed by atoms with Crippen LogP contribution in [0, 0.1) is 0 Å². The van der Waals surface area contributed by atoms with Crippen molar-refractivity contribution < 1.29 is 0 Å². The standard InChI is InChI=1S/C8H21NSi/c1-6-9(7-2)10(5)8(3)4/h8,10H,6-7H2,1-5H3. The molecule has 0 aliphatic rings. The van der Waals surface area contributed by atoms with Crippen LogP contribution in [0.2, 0.25) is 12.1 Å². The summed E-state index contributed by atoms with van der Waals surface area (Å²) in [6, 6.07) is 0. The number of hydrogen-bond donors (Lipinski definition) is 0. The molecule has 0 heterocycles. The summed E-state index contributed by atoms with van der Waals surface area (Å²) in [4.78, 5) is 0. The minimum absolute atomic E-state index is 0.557. The van der Waals surface area contributed by atoms with Gasteiger partial charge in [-0.3, -0.25) is 0 Å². The van der Waals surface area contributed by atoms with E-state index in [1.54, 1.807) is 0 Å². The van der Waals surface area contributed by atoms with Gasteiger partial charge in [0.05, 0.1) is 0 Å². The predicted octanol–water partition coefficient (Wildman–Crippen LogP) is 2.09. The molecule has 0 saturated heterocycles. The summed E-state index contributed by atoms with van der Waals surface area (Å²) in [5.74, 6) is 0. The SMILES string of the molecule is CCN(CC)[SiH](C)C(C)C. The van der Waals surface area contributed by atoms with Gasteiger partial charge in [-0.05, 0) is 18.6 Å². The minimum atomic E-state index is -0.557. The molecule has 0 bridgehead atoms. The molecule has 0 amide bonds. The molecule has 0 aliphatic heterocycles. The molecule has 0 aromatic carbocycles. The smallest absolute Gasteiger partial charge is 0.111 e. The molecular formula is C8H21NSi. The minimum Gasteiger partial charge on any atom is -0.327 e. The van der Waals surface area contributed by atoms with E-state index in [1.165, 1.54) is 13.1 Å².